The summed E-state index contributed by atoms with van der Waals surface area (Å²) in [6.45, 7) is 6.21. The fourth-order valence-electron chi connectivity index (χ4n) is 8.78. The number of alkyl halides is 3. The van der Waals surface area contributed by atoms with E-state index in [4.69, 9.17) is 0 Å². The van der Waals surface area contributed by atoms with Crippen LogP contribution in [0, 0.1) is 17.2 Å². The Morgan fingerprint density at radius 1 is 1.00 bits per heavy atom. The number of piperidine rings is 2. The lowest BCUT2D eigenvalue weighted by Crippen LogP contribution is -2.49. The number of anilines is 2. The summed E-state index contributed by atoms with van der Waals surface area (Å²) >= 11 is 0. The topological polar surface area (TPSA) is 174 Å². The molecule has 0 bridgehead atoms. The van der Waals surface area contributed by atoms with Gasteiger partial charge in [-0.25, -0.2) is 18.3 Å². The summed E-state index contributed by atoms with van der Waals surface area (Å²) < 4.78 is 58.4. The van der Waals surface area contributed by atoms with Gasteiger partial charge in [-0.15, -0.1) is 0 Å². The number of hydrogen-bond acceptors (Lipinski definition) is 10. The number of nitrogens with one attached hydrogen (secondary N) is 2. The number of amides is 3. The molecular weight excluding hydrogens is 812 g/mol. The second kappa shape index (κ2) is 17.0. The van der Waals surface area contributed by atoms with Gasteiger partial charge in [-0.05, 0) is 105 Å². The molecule has 3 fully saturated rings. The van der Waals surface area contributed by atoms with Crippen molar-refractivity contribution >= 4 is 56.6 Å². The van der Waals surface area contributed by atoms with Crippen LogP contribution in [0.3, 0.4) is 0 Å². The third-order valence-electron chi connectivity index (χ3n) is 12.0. The van der Waals surface area contributed by atoms with Gasteiger partial charge >= 0.3 is 12.2 Å². The van der Waals surface area contributed by atoms with Crippen LogP contribution in [0.15, 0.2) is 58.4 Å². The zero-order valence-corrected chi connectivity index (χ0v) is 34.9. The summed E-state index contributed by atoms with van der Waals surface area (Å²) in [6, 6.07) is 14.3. The summed E-state index contributed by atoms with van der Waals surface area (Å²) in [7, 11) is 1.66. The highest BCUT2D eigenvalue weighted by molar-refractivity contribution is 7.82. The van der Waals surface area contributed by atoms with E-state index in [1.54, 1.807) is 16.8 Å². The number of halogens is 3. The normalized spacial score (nSPS) is 18.7. The number of hydrogen-bond donors (Lipinski definition) is 2. The monoisotopic (exact) mass is 857 g/mol. The van der Waals surface area contributed by atoms with Crippen LogP contribution < -0.4 is 21.1 Å². The van der Waals surface area contributed by atoms with Crippen LogP contribution in [0.5, 0.6) is 0 Å². The lowest BCUT2D eigenvalue weighted by Gasteiger charge is -2.34. The maximum atomic E-state index is 13.8. The number of carbonyl (C=O) groups excluding carboxylic acids is 2. The molecule has 320 valence electrons. The maximum Gasteiger partial charge on any atom is 0.421 e. The van der Waals surface area contributed by atoms with E-state index in [1.807, 2.05) is 23.5 Å². The van der Waals surface area contributed by atoms with Gasteiger partial charge in [0.15, 0.2) is 5.82 Å². The Hall–Kier alpha value is -5.71. The lowest BCUT2D eigenvalue weighted by molar-refractivity contribution is -0.138. The third kappa shape index (κ3) is 8.74. The smallest absolute Gasteiger partial charge is 0.351 e. The molecule has 2 atom stereocenters. The largest absolute Gasteiger partial charge is 0.421 e. The number of aryl methyl sites for hydroxylation is 2. The standard InChI is InChI=1S/C42H46F3N11O4S/c1-25(24-54-13-8-26(9-14-54)27-5-7-33-35(21-27)53(3)51-38(33)56-17-12-36(57)49-41(56)59)18-29-19-32(6-4-28(29)22-46)61(60)55-15-10-31(11-16-55)48-40-47-23-30-20-34(42(43,44)45)39(58)52(2)37(30)50-40/h4-7,19-21,23,25-26,31H,8-18,24H2,1-3H3,(H,47,48,50)(H,49,57,59). The van der Waals surface area contributed by atoms with E-state index in [1.165, 1.54) is 23.7 Å². The third-order valence-corrected chi connectivity index (χ3v) is 13.5. The van der Waals surface area contributed by atoms with Crippen molar-refractivity contribution in [3.63, 3.8) is 0 Å². The number of pyridine rings is 1. The first-order valence-electron chi connectivity index (χ1n) is 20.4. The van der Waals surface area contributed by atoms with Gasteiger partial charge < -0.3 is 10.2 Å². The number of nitriles is 1. The Kier molecular flexibility index (Phi) is 11.7. The van der Waals surface area contributed by atoms with Gasteiger partial charge in [0, 0.05) is 69.7 Å². The van der Waals surface area contributed by atoms with Crippen molar-refractivity contribution in [2.45, 2.75) is 68.5 Å². The summed E-state index contributed by atoms with van der Waals surface area (Å²) in [6.07, 6.45) is 0.578. The molecule has 6 heterocycles. The maximum absolute atomic E-state index is 13.8. The van der Waals surface area contributed by atoms with E-state index < -0.39 is 34.3 Å². The van der Waals surface area contributed by atoms with E-state index in [9.17, 15) is 37.0 Å². The Bertz CT molecular complexity index is 2640. The predicted octanol–water partition coefficient (Wildman–Crippen LogP) is 5.21. The van der Waals surface area contributed by atoms with Crippen molar-refractivity contribution in [1.29, 1.82) is 5.26 Å². The molecule has 3 saturated heterocycles. The number of rotatable bonds is 10. The fourth-order valence-corrected chi connectivity index (χ4v) is 10.0. The highest BCUT2D eigenvalue weighted by Crippen LogP contribution is 2.34. The minimum atomic E-state index is -4.79. The molecule has 0 saturated carbocycles. The molecule has 5 aromatic rings. The Balaban J connectivity index is 0.841. The van der Waals surface area contributed by atoms with Crippen LogP contribution in [0.1, 0.15) is 67.2 Å². The first-order valence-corrected chi connectivity index (χ1v) is 21.5. The number of nitrogens with zero attached hydrogens (tertiary/aromatic N) is 9. The van der Waals surface area contributed by atoms with Gasteiger partial charge in [0.25, 0.3) is 5.56 Å². The number of aromatic nitrogens is 5. The Morgan fingerprint density at radius 3 is 2.46 bits per heavy atom. The number of benzene rings is 2. The summed E-state index contributed by atoms with van der Waals surface area (Å²) in [5.74, 6) is 1.09. The summed E-state index contributed by atoms with van der Waals surface area (Å²) in [4.78, 5) is 49.7. The van der Waals surface area contributed by atoms with Crippen molar-refractivity contribution < 1.29 is 27.0 Å². The van der Waals surface area contributed by atoms with Crippen molar-refractivity contribution in [2.24, 2.45) is 20.0 Å². The molecule has 0 radical (unpaired) electrons. The quantitative estimate of drug-likeness (QED) is 0.190. The molecule has 15 nitrogen and oxygen atoms in total. The second-order valence-electron chi connectivity index (χ2n) is 16.3. The van der Waals surface area contributed by atoms with Crippen LogP contribution in [0.25, 0.3) is 21.9 Å². The SMILES string of the molecule is CC(Cc1cc(S(=O)N2CCC(Nc3ncc4cc(C(F)(F)F)c(=O)n(C)c4n3)CC2)ccc1C#N)CN1CCC(c2ccc3c(N4CCC(=O)NC4=O)nn(C)c3c2)CC1. The average Bonchev–Trinajstić information content (AvgIpc) is 3.56. The Morgan fingerprint density at radius 2 is 1.75 bits per heavy atom. The van der Waals surface area contributed by atoms with E-state index in [-0.39, 0.29) is 41.3 Å². The number of imide groups is 1. The molecule has 61 heavy (non-hydrogen) atoms. The van der Waals surface area contributed by atoms with E-state index in [0.717, 1.165) is 59.6 Å². The van der Waals surface area contributed by atoms with Gasteiger partial charge in [0.05, 0.1) is 22.0 Å². The number of urea groups is 1. The minimum Gasteiger partial charge on any atom is -0.351 e. The second-order valence-corrected chi connectivity index (χ2v) is 17.8. The predicted molar refractivity (Wildman–Crippen MR) is 223 cm³/mol. The molecule has 0 spiro atoms. The van der Waals surface area contributed by atoms with E-state index >= 15 is 0 Å². The van der Waals surface area contributed by atoms with Crippen LogP contribution in [-0.4, -0.2) is 95.0 Å². The van der Waals surface area contributed by atoms with Crippen LogP contribution in [-0.2, 0) is 42.5 Å². The van der Waals surface area contributed by atoms with Gasteiger partial charge in [-0.3, -0.25) is 29.1 Å². The summed E-state index contributed by atoms with van der Waals surface area (Å²) in [5, 5.41) is 21.2. The number of carbonyl (C=O) groups is 2. The molecule has 2 N–H and O–H groups in total. The van der Waals surface area contributed by atoms with Gasteiger partial charge in [0.2, 0.25) is 11.9 Å². The molecule has 3 aromatic heterocycles. The number of fused-ring (bicyclic) bond motifs is 2. The van der Waals surface area contributed by atoms with Gasteiger partial charge in [-0.2, -0.15) is 28.5 Å². The highest BCUT2D eigenvalue weighted by Gasteiger charge is 2.35. The van der Waals surface area contributed by atoms with Crippen molar-refractivity contribution in [2.75, 3.05) is 49.5 Å². The van der Waals surface area contributed by atoms with Gasteiger partial charge in [0.1, 0.15) is 22.2 Å². The van der Waals surface area contributed by atoms with Crippen LogP contribution in [0.4, 0.5) is 29.7 Å². The molecule has 8 rings (SSSR count). The first kappa shape index (κ1) is 42.0. The molecule has 3 amide bonds. The lowest BCUT2D eigenvalue weighted by atomic mass is 9.88. The first-order chi connectivity index (χ1) is 29.2. The van der Waals surface area contributed by atoms with Crippen LogP contribution >= 0.6 is 0 Å². The number of likely N-dealkylation sites (tertiary alicyclic amines) is 1. The molecule has 2 aromatic carbocycles. The van der Waals surface area contributed by atoms with E-state index in [2.05, 4.69) is 55.7 Å². The average molecular weight is 858 g/mol. The minimum absolute atomic E-state index is 0.0808. The van der Waals surface area contributed by atoms with Crippen molar-refractivity contribution in [3.8, 4) is 6.07 Å². The molecule has 19 heteroatoms. The molecule has 3 aliphatic heterocycles. The zero-order valence-electron chi connectivity index (χ0n) is 34.0. The summed E-state index contributed by atoms with van der Waals surface area (Å²) in [5.41, 5.74) is 1.25. The van der Waals surface area contributed by atoms with Crippen molar-refractivity contribution in [3.05, 3.63) is 81.3 Å². The van der Waals surface area contributed by atoms with Crippen LogP contribution in [0.2, 0.25) is 0 Å². The molecular formula is C42H46F3N11O4S. The van der Waals surface area contributed by atoms with E-state index in [0.29, 0.717) is 61.1 Å². The van der Waals surface area contributed by atoms with Gasteiger partial charge in [-0.1, -0.05) is 13.0 Å². The van der Waals surface area contributed by atoms with Crippen molar-refractivity contribution in [1.82, 2.24) is 38.8 Å². The fraction of sp³-hybridized carbons (Fsp3) is 0.452. The Labute approximate surface area is 352 Å². The molecule has 0 aliphatic carbocycles. The zero-order chi connectivity index (χ0) is 43.2. The molecule has 2 unspecified atom stereocenters. The molecule has 3 aliphatic rings. The highest BCUT2D eigenvalue weighted by atomic mass is 32.2.